The van der Waals surface area contributed by atoms with Crippen molar-refractivity contribution in [2.75, 3.05) is 16.8 Å². The quantitative estimate of drug-likeness (QED) is 0.244. The molecule has 1 heterocycles. The van der Waals surface area contributed by atoms with Crippen LogP contribution in [0.15, 0.2) is 72.1 Å². The summed E-state index contributed by atoms with van der Waals surface area (Å²) in [6.07, 6.45) is -4.39. The molecule has 0 aliphatic carbocycles. The average Bonchev–Trinajstić information content (AvgIpc) is 3.24. The molecule has 0 amide bonds. The standard InChI is InChI=1S/C16H13F4N3S.C7H7NO2/c17-12-5-4-9(6-13(12)21)14-8-24-15(23-14)22-11-3-1-2-10(7-11)16(18,19)20;8-6-3-1-2-5(4-6)7(9)10/h1-8,15,22-23H,21H2;1-4H,8H2,(H,9,10). The Morgan fingerprint density at radius 2 is 1.76 bits per heavy atom. The molecule has 0 aromatic heterocycles. The Labute approximate surface area is 196 Å². The maximum Gasteiger partial charge on any atom is 0.416 e. The van der Waals surface area contributed by atoms with Crippen molar-refractivity contribution in [3.8, 4) is 0 Å². The van der Waals surface area contributed by atoms with Crippen LogP contribution in [0.2, 0.25) is 0 Å². The molecule has 3 aromatic carbocycles. The molecule has 4 rings (SSSR count). The van der Waals surface area contributed by atoms with Crippen LogP contribution in [-0.4, -0.2) is 16.6 Å². The van der Waals surface area contributed by atoms with E-state index in [1.807, 2.05) is 0 Å². The van der Waals surface area contributed by atoms with Crippen molar-refractivity contribution in [1.82, 2.24) is 5.32 Å². The number of benzene rings is 3. The van der Waals surface area contributed by atoms with Crippen LogP contribution in [0.25, 0.3) is 5.70 Å². The topological polar surface area (TPSA) is 113 Å². The van der Waals surface area contributed by atoms with E-state index < -0.39 is 23.5 Å². The van der Waals surface area contributed by atoms with E-state index >= 15 is 0 Å². The van der Waals surface area contributed by atoms with E-state index in [9.17, 15) is 22.4 Å². The van der Waals surface area contributed by atoms with Gasteiger partial charge < -0.3 is 27.2 Å². The third-order valence-corrected chi connectivity index (χ3v) is 5.42. The van der Waals surface area contributed by atoms with Gasteiger partial charge in [0.2, 0.25) is 0 Å². The molecule has 1 aliphatic rings. The molecule has 0 saturated carbocycles. The lowest BCUT2D eigenvalue weighted by Crippen LogP contribution is -2.28. The molecule has 3 aromatic rings. The number of nitrogens with two attached hydrogens (primary N) is 2. The summed E-state index contributed by atoms with van der Waals surface area (Å²) in [5.41, 5.74) is 12.3. The Hall–Kier alpha value is -3.86. The predicted octanol–water partition coefficient (Wildman–Crippen LogP) is 5.42. The normalized spacial score (nSPS) is 14.9. The minimum Gasteiger partial charge on any atom is -0.478 e. The van der Waals surface area contributed by atoms with Crippen molar-refractivity contribution in [3.63, 3.8) is 0 Å². The first-order chi connectivity index (χ1) is 16.0. The van der Waals surface area contributed by atoms with Crippen LogP contribution in [-0.2, 0) is 6.18 Å². The molecule has 0 fully saturated rings. The number of carbonyl (C=O) groups is 1. The number of thioether (sulfide) groups is 1. The van der Waals surface area contributed by atoms with Gasteiger partial charge >= 0.3 is 12.1 Å². The van der Waals surface area contributed by atoms with Gasteiger partial charge in [-0.15, -0.1) is 0 Å². The van der Waals surface area contributed by atoms with E-state index in [0.717, 1.165) is 17.8 Å². The first-order valence-electron chi connectivity index (χ1n) is 9.73. The Morgan fingerprint density at radius 3 is 2.38 bits per heavy atom. The highest BCUT2D eigenvalue weighted by atomic mass is 32.2. The lowest BCUT2D eigenvalue weighted by atomic mass is 10.1. The number of hydrogen-bond acceptors (Lipinski definition) is 6. The van der Waals surface area contributed by atoms with Crippen molar-refractivity contribution in [1.29, 1.82) is 0 Å². The predicted molar refractivity (Wildman–Crippen MR) is 126 cm³/mol. The van der Waals surface area contributed by atoms with Crippen LogP contribution in [0.5, 0.6) is 0 Å². The van der Waals surface area contributed by atoms with Gasteiger partial charge in [0.1, 0.15) is 11.3 Å². The molecular formula is C23H20F4N4O2S. The zero-order chi connectivity index (χ0) is 24.9. The van der Waals surface area contributed by atoms with Gasteiger partial charge in [-0.25, -0.2) is 9.18 Å². The summed E-state index contributed by atoms with van der Waals surface area (Å²) in [5, 5.41) is 16.3. The molecule has 0 spiro atoms. The second-order valence-electron chi connectivity index (χ2n) is 7.08. The first-order valence-corrected chi connectivity index (χ1v) is 10.7. The number of carboxylic acids is 1. The molecule has 1 aliphatic heterocycles. The van der Waals surface area contributed by atoms with Gasteiger partial charge in [0.05, 0.1) is 22.5 Å². The maximum absolute atomic E-state index is 13.2. The van der Waals surface area contributed by atoms with E-state index in [0.29, 0.717) is 16.9 Å². The Morgan fingerprint density at radius 1 is 1.03 bits per heavy atom. The molecular weight excluding hydrogens is 472 g/mol. The third kappa shape index (κ3) is 6.58. The fraction of sp³-hybridized carbons (Fsp3) is 0.0870. The van der Waals surface area contributed by atoms with Gasteiger partial charge in [-0.05, 0) is 60.0 Å². The van der Waals surface area contributed by atoms with E-state index in [4.69, 9.17) is 16.6 Å². The molecule has 178 valence electrons. The fourth-order valence-corrected chi connectivity index (χ4v) is 3.76. The minimum atomic E-state index is -4.39. The van der Waals surface area contributed by atoms with Crippen molar-refractivity contribution in [2.45, 2.75) is 11.7 Å². The zero-order valence-corrected chi connectivity index (χ0v) is 18.3. The van der Waals surface area contributed by atoms with Crippen LogP contribution in [0, 0.1) is 5.82 Å². The lowest BCUT2D eigenvalue weighted by Gasteiger charge is -2.17. The molecule has 1 unspecified atom stereocenters. The minimum absolute atomic E-state index is 0.0366. The summed E-state index contributed by atoms with van der Waals surface area (Å²) in [7, 11) is 0. The molecule has 0 saturated heterocycles. The zero-order valence-electron chi connectivity index (χ0n) is 17.4. The van der Waals surface area contributed by atoms with Gasteiger partial charge in [-0.3, -0.25) is 0 Å². The second kappa shape index (κ2) is 10.4. The number of alkyl halides is 3. The van der Waals surface area contributed by atoms with Gasteiger partial charge in [-0.2, -0.15) is 13.2 Å². The number of nitrogens with one attached hydrogen (secondary N) is 2. The number of nitrogen functional groups attached to an aromatic ring is 2. The summed E-state index contributed by atoms with van der Waals surface area (Å²) in [6.45, 7) is 0. The molecule has 0 radical (unpaired) electrons. The SMILES string of the molecule is Nc1cc(C2=CSC(Nc3cccc(C(F)(F)F)c3)N2)ccc1F.Nc1cccc(C(=O)O)c1. The van der Waals surface area contributed by atoms with Crippen LogP contribution in [0.1, 0.15) is 21.5 Å². The van der Waals surface area contributed by atoms with Crippen molar-refractivity contribution in [2.24, 2.45) is 0 Å². The number of hydrogen-bond donors (Lipinski definition) is 5. The number of carboxylic acid groups (broad SMARTS) is 1. The van der Waals surface area contributed by atoms with E-state index in [1.54, 1.807) is 29.7 Å². The van der Waals surface area contributed by atoms with Gasteiger partial charge in [-0.1, -0.05) is 23.9 Å². The van der Waals surface area contributed by atoms with E-state index in [1.165, 1.54) is 42.1 Å². The molecule has 0 bridgehead atoms. The highest BCUT2D eigenvalue weighted by molar-refractivity contribution is 8.03. The van der Waals surface area contributed by atoms with Crippen LogP contribution >= 0.6 is 11.8 Å². The second-order valence-corrected chi connectivity index (χ2v) is 8.06. The smallest absolute Gasteiger partial charge is 0.416 e. The molecule has 7 N–H and O–H groups in total. The highest BCUT2D eigenvalue weighted by Crippen LogP contribution is 2.33. The number of halogens is 4. The Balaban J connectivity index is 0.000000271. The number of anilines is 3. The van der Waals surface area contributed by atoms with E-state index in [2.05, 4.69) is 10.6 Å². The first kappa shape index (κ1) is 24.8. The van der Waals surface area contributed by atoms with Gasteiger partial charge in [0.25, 0.3) is 0 Å². The van der Waals surface area contributed by atoms with E-state index in [-0.39, 0.29) is 16.7 Å². The third-order valence-electron chi connectivity index (χ3n) is 4.54. The fourth-order valence-electron chi connectivity index (χ4n) is 2.89. The average molecular weight is 492 g/mol. The maximum atomic E-state index is 13.2. The van der Waals surface area contributed by atoms with Gasteiger partial charge in [0.15, 0.2) is 0 Å². The van der Waals surface area contributed by atoms with Crippen molar-refractivity contribution >= 4 is 40.5 Å². The Bertz CT molecular complexity index is 1220. The van der Waals surface area contributed by atoms with Crippen LogP contribution in [0.3, 0.4) is 0 Å². The summed E-state index contributed by atoms with van der Waals surface area (Å²) in [6, 6.07) is 15.5. The summed E-state index contributed by atoms with van der Waals surface area (Å²) < 4.78 is 51.4. The molecule has 11 heteroatoms. The number of rotatable bonds is 4. The van der Waals surface area contributed by atoms with Crippen molar-refractivity contribution < 1.29 is 27.5 Å². The summed E-state index contributed by atoms with van der Waals surface area (Å²) in [4.78, 5) is 10.3. The monoisotopic (exact) mass is 492 g/mol. The summed E-state index contributed by atoms with van der Waals surface area (Å²) in [5.74, 6) is -1.45. The highest BCUT2D eigenvalue weighted by Gasteiger charge is 2.30. The molecule has 34 heavy (non-hydrogen) atoms. The van der Waals surface area contributed by atoms with Crippen LogP contribution in [0.4, 0.5) is 34.6 Å². The largest absolute Gasteiger partial charge is 0.478 e. The van der Waals surface area contributed by atoms with Crippen LogP contribution < -0.4 is 22.1 Å². The Kier molecular flexibility index (Phi) is 7.57. The van der Waals surface area contributed by atoms with Gasteiger partial charge in [0, 0.05) is 16.9 Å². The molecule has 1 atom stereocenters. The number of aromatic carboxylic acids is 1. The molecule has 6 nitrogen and oxygen atoms in total. The lowest BCUT2D eigenvalue weighted by molar-refractivity contribution is -0.137. The summed E-state index contributed by atoms with van der Waals surface area (Å²) >= 11 is 1.36. The van der Waals surface area contributed by atoms with Crippen molar-refractivity contribution in [3.05, 3.63) is 94.6 Å².